The number of Topliss-reactive ketones (excluding diaryl/α,β-unsaturated/α-hetero) is 1. The molecule has 0 aromatic rings. The van der Waals surface area contributed by atoms with Crippen LogP contribution in [0.5, 0.6) is 0 Å². The van der Waals surface area contributed by atoms with Crippen LogP contribution < -0.4 is 0 Å². The first-order valence-electron chi connectivity index (χ1n) is 5.84. The molecule has 15 heavy (non-hydrogen) atoms. The maximum atomic E-state index is 11.7. The molecule has 2 fully saturated rings. The van der Waals surface area contributed by atoms with Gasteiger partial charge in [-0.1, -0.05) is 12.8 Å². The number of carbonyl (C=O) groups excluding carboxylic acids is 2. The molecular weight excluding hydrogens is 192 g/mol. The summed E-state index contributed by atoms with van der Waals surface area (Å²) in [6.45, 7) is 0. The highest BCUT2D eigenvalue weighted by Crippen LogP contribution is 2.42. The number of esters is 1. The minimum atomic E-state index is -0.112. The second-order valence-electron chi connectivity index (χ2n) is 4.69. The number of rotatable bonds is 1. The van der Waals surface area contributed by atoms with Crippen LogP contribution in [0.3, 0.4) is 0 Å². The van der Waals surface area contributed by atoms with Gasteiger partial charge in [-0.3, -0.25) is 9.59 Å². The first kappa shape index (κ1) is 10.7. The van der Waals surface area contributed by atoms with Crippen molar-refractivity contribution in [2.75, 3.05) is 7.11 Å². The summed E-state index contributed by atoms with van der Waals surface area (Å²) in [6.07, 6.45) is 5.57. The van der Waals surface area contributed by atoms with E-state index in [4.69, 9.17) is 4.74 Å². The molecule has 0 aromatic heterocycles. The standard InChI is InChI=1S/C12H18O3/c1-15-12(14)10-6-7-11(13)9-5-3-2-4-8(9)10/h8-10H,2-7H2,1H3/t8-,9-,10-/m0/s1. The molecule has 3 heteroatoms. The zero-order valence-electron chi connectivity index (χ0n) is 9.20. The fraction of sp³-hybridized carbons (Fsp3) is 0.833. The van der Waals surface area contributed by atoms with E-state index >= 15 is 0 Å². The van der Waals surface area contributed by atoms with Gasteiger partial charge in [0.25, 0.3) is 0 Å². The summed E-state index contributed by atoms with van der Waals surface area (Å²) in [5.74, 6) is 0.668. The van der Waals surface area contributed by atoms with E-state index in [1.54, 1.807) is 0 Å². The minimum absolute atomic E-state index is 0.0157. The Labute approximate surface area is 90.2 Å². The van der Waals surface area contributed by atoms with Crippen molar-refractivity contribution in [1.82, 2.24) is 0 Å². The molecule has 2 aliphatic carbocycles. The van der Waals surface area contributed by atoms with Gasteiger partial charge in [-0.15, -0.1) is 0 Å². The molecule has 2 aliphatic rings. The summed E-state index contributed by atoms with van der Waals surface area (Å²) in [5.41, 5.74) is 0. The lowest BCUT2D eigenvalue weighted by Crippen LogP contribution is -2.40. The summed E-state index contributed by atoms with van der Waals surface area (Å²) in [5, 5.41) is 0. The summed E-state index contributed by atoms with van der Waals surface area (Å²) >= 11 is 0. The number of ketones is 1. The van der Waals surface area contributed by atoms with Gasteiger partial charge in [0.1, 0.15) is 5.78 Å². The maximum Gasteiger partial charge on any atom is 0.308 e. The van der Waals surface area contributed by atoms with Crippen LogP contribution in [-0.4, -0.2) is 18.9 Å². The molecule has 0 amide bonds. The molecule has 3 atom stereocenters. The van der Waals surface area contributed by atoms with Gasteiger partial charge < -0.3 is 4.74 Å². The van der Waals surface area contributed by atoms with Crippen molar-refractivity contribution >= 4 is 11.8 Å². The largest absolute Gasteiger partial charge is 0.469 e. The van der Waals surface area contributed by atoms with E-state index in [0.29, 0.717) is 18.6 Å². The normalized spacial score (nSPS) is 35.8. The third-order valence-electron chi connectivity index (χ3n) is 3.96. The van der Waals surface area contributed by atoms with E-state index in [2.05, 4.69) is 0 Å². The zero-order chi connectivity index (χ0) is 10.8. The predicted octanol–water partition coefficient (Wildman–Crippen LogP) is 1.94. The molecule has 2 rings (SSSR count). The van der Waals surface area contributed by atoms with E-state index in [-0.39, 0.29) is 23.7 Å². The van der Waals surface area contributed by atoms with Crippen molar-refractivity contribution in [3.05, 3.63) is 0 Å². The molecule has 0 saturated heterocycles. The average molecular weight is 210 g/mol. The molecule has 0 aliphatic heterocycles. The second kappa shape index (κ2) is 4.33. The Morgan fingerprint density at radius 3 is 2.73 bits per heavy atom. The highest BCUT2D eigenvalue weighted by atomic mass is 16.5. The highest BCUT2D eigenvalue weighted by Gasteiger charge is 2.43. The van der Waals surface area contributed by atoms with Crippen molar-refractivity contribution in [2.45, 2.75) is 38.5 Å². The van der Waals surface area contributed by atoms with E-state index in [0.717, 1.165) is 25.7 Å². The second-order valence-corrected chi connectivity index (χ2v) is 4.69. The number of methoxy groups -OCH3 is 1. The van der Waals surface area contributed by atoms with E-state index in [1.807, 2.05) is 0 Å². The average Bonchev–Trinajstić information content (AvgIpc) is 2.29. The number of carbonyl (C=O) groups is 2. The minimum Gasteiger partial charge on any atom is -0.469 e. The Kier molecular flexibility index (Phi) is 3.08. The van der Waals surface area contributed by atoms with E-state index in [9.17, 15) is 9.59 Å². The van der Waals surface area contributed by atoms with Gasteiger partial charge in [0, 0.05) is 12.3 Å². The van der Waals surface area contributed by atoms with Crippen molar-refractivity contribution in [1.29, 1.82) is 0 Å². The quantitative estimate of drug-likeness (QED) is 0.621. The van der Waals surface area contributed by atoms with Gasteiger partial charge in [-0.2, -0.15) is 0 Å². The van der Waals surface area contributed by atoms with Gasteiger partial charge in [0.2, 0.25) is 0 Å². The fourth-order valence-electron chi connectivity index (χ4n) is 3.18. The first-order valence-corrected chi connectivity index (χ1v) is 5.84. The van der Waals surface area contributed by atoms with Gasteiger partial charge in [-0.25, -0.2) is 0 Å². The molecule has 0 heterocycles. The Balaban J connectivity index is 2.13. The summed E-state index contributed by atoms with van der Waals surface area (Å²) in [7, 11) is 1.44. The number of fused-ring (bicyclic) bond motifs is 1. The van der Waals surface area contributed by atoms with E-state index < -0.39 is 0 Å². The summed E-state index contributed by atoms with van der Waals surface area (Å²) in [4.78, 5) is 23.3. The molecule has 0 spiro atoms. The van der Waals surface area contributed by atoms with Crippen molar-refractivity contribution in [3.8, 4) is 0 Å². The lowest BCUT2D eigenvalue weighted by molar-refractivity contribution is -0.152. The smallest absolute Gasteiger partial charge is 0.308 e. The van der Waals surface area contributed by atoms with Crippen LogP contribution in [0.25, 0.3) is 0 Å². The SMILES string of the molecule is COC(=O)[C@H]1CCC(=O)[C@H]2CCCC[C@@H]21. The molecule has 0 radical (unpaired) electrons. The van der Waals surface area contributed by atoms with Crippen LogP contribution in [0.2, 0.25) is 0 Å². The molecule has 3 nitrogen and oxygen atoms in total. The molecule has 0 bridgehead atoms. The van der Waals surface area contributed by atoms with Crippen LogP contribution in [0.15, 0.2) is 0 Å². The summed E-state index contributed by atoms with van der Waals surface area (Å²) < 4.78 is 4.82. The lowest BCUT2D eigenvalue weighted by atomic mass is 9.65. The Bertz CT molecular complexity index is 272. The van der Waals surface area contributed by atoms with Crippen LogP contribution >= 0.6 is 0 Å². The summed E-state index contributed by atoms with van der Waals surface area (Å²) in [6, 6.07) is 0. The Morgan fingerprint density at radius 1 is 1.27 bits per heavy atom. The zero-order valence-corrected chi connectivity index (χ0v) is 9.20. The first-order chi connectivity index (χ1) is 7.24. The molecule has 2 saturated carbocycles. The third kappa shape index (κ3) is 1.92. The van der Waals surface area contributed by atoms with Gasteiger partial charge in [0.05, 0.1) is 13.0 Å². The molecule has 84 valence electrons. The van der Waals surface area contributed by atoms with Crippen LogP contribution in [0.4, 0.5) is 0 Å². The van der Waals surface area contributed by atoms with E-state index in [1.165, 1.54) is 7.11 Å². The molecule has 0 N–H and O–H groups in total. The van der Waals surface area contributed by atoms with Gasteiger partial charge in [0.15, 0.2) is 0 Å². The van der Waals surface area contributed by atoms with Crippen molar-refractivity contribution in [2.24, 2.45) is 17.8 Å². The highest BCUT2D eigenvalue weighted by molar-refractivity contribution is 5.85. The van der Waals surface area contributed by atoms with Crippen LogP contribution in [-0.2, 0) is 14.3 Å². The Morgan fingerprint density at radius 2 is 2.00 bits per heavy atom. The van der Waals surface area contributed by atoms with Gasteiger partial charge >= 0.3 is 5.97 Å². The monoisotopic (exact) mass is 210 g/mol. The predicted molar refractivity (Wildman–Crippen MR) is 55.2 cm³/mol. The topological polar surface area (TPSA) is 43.4 Å². The van der Waals surface area contributed by atoms with Gasteiger partial charge in [-0.05, 0) is 25.2 Å². The van der Waals surface area contributed by atoms with Crippen molar-refractivity contribution in [3.63, 3.8) is 0 Å². The molecular formula is C12H18O3. The third-order valence-corrected chi connectivity index (χ3v) is 3.96. The number of hydrogen-bond donors (Lipinski definition) is 0. The fourth-order valence-corrected chi connectivity index (χ4v) is 3.18. The lowest BCUT2D eigenvalue weighted by Gasteiger charge is -2.38. The number of ether oxygens (including phenoxy) is 1. The molecule has 0 unspecified atom stereocenters. The number of hydrogen-bond acceptors (Lipinski definition) is 3. The Hall–Kier alpha value is -0.860. The van der Waals surface area contributed by atoms with Crippen LogP contribution in [0, 0.1) is 17.8 Å². The van der Waals surface area contributed by atoms with Crippen LogP contribution in [0.1, 0.15) is 38.5 Å². The maximum absolute atomic E-state index is 11.7. The molecule has 0 aromatic carbocycles. The van der Waals surface area contributed by atoms with Crippen molar-refractivity contribution < 1.29 is 14.3 Å².